The van der Waals surface area contributed by atoms with Gasteiger partial charge in [0, 0.05) is 49.0 Å². The number of benzene rings is 1. The lowest BCUT2D eigenvalue weighted by molar-refractivity contribution is -0.118. The lowest BCUT2D eigenvalue weighted by Gasteiger charge is -2.29. The fraction of sp³-hybridized carbons (Fsp3) is 0.214. The molecule has 1 amide bonds. The molecule has 0 bridgehead atoms. The number of allylic oxidation sites excluding steroid dienone is 2. The van der Waals surface area contributed by atoms with Crippen LogP contribution in [0.1, 0.15) is 25.3 Å². The molecule has 4 heterocycles. The zero-order valence-corrected chi connectivity index (χ0v) is 20.5. The highest BCUT2D eigenvalue weighted by atomic mass is 19.1. The van der Waals surface area contributed by atoms with Crippen LogP contribution in [0.15, 0.2) is 73.0 Å². The number of aryl methyl sites for hydroxylation is 1. The number of amides is 1. The number of carbonyl (C=O) groups is 1. The molecule has 0 spiro atoms. The first-order valence-electron chi connectivity index (χ1n) is 12.2. The molecule has 0 radical (unpaired) electrons. The fourth-order valence-corrected chi connectivity index (χ4v) is 4.87. The first-order chi connectivity index (χ1) is 17.9. The summed E-state index contributed by atoms with van der Waals surface area (Å²) in [5, 5.41) is 7.71. The molecule has 37 heavy (non-hydrogen) atoms. The van der Waals surface area contributed by atoms with Gasteiger partial charge in [-0.2, -0.15) is 9.97 Å². The van der Waals surface area contributed by atoms with E-state index in [1.54, 1.807) is 30.4 Å². The topological polar surface area (TPSA) is 98.8 Å². The number of halogens is 1. The average Bonchev–Trinajstić information content (AvgIpc) is 3.33. The molecule has 1 aliphatic heterocycles. The largest absolute Gasteiger partial charge is 0.360 e. The molecular formula is C28H26FN7O. The van der Waals surface area contributed by atoms with Crippen LogP contribution in [0, 0.1) is 0 Å². The number of aromatic amines is 1. The molecule has 2 aliphatic rings. The second kappa shape index (κ2) is 8.85. The van der Waals surface area contributed by atoms with E-state index in [0.29, 0.717) is 36.7 Å². The highest BCUT2D eigenvalue weighted by Crippen LogP contribution is 2.36. The van der Waals surface area contributed by atoms with Gasteiger partial charge < -0.3 is 20.5 Å². The van der Waals surface area contributed by atoms with Gasteiger partial charge in [-0.1, -0.05) is 6.08 Å². The Hall–Kier alpha value is -4.53. The van der Waals surface area contributed by atoms with Crippen LogP contribution in [0.25, 0.3) is 22.2 Å². The van der Waals surface area contributed by atoms with E-state index in [1.807, 2.05) is 49.5 Å². The van der Waals surface area contributed by atoms with Crippen LogP contribution < -0.4 is 15.5 Å². The minimum Gasteiger partial charge on any atom is -0.360 e. The summed E-state index contributed by atoms with van der Waals surface area (Å²) in [6.45, 7) is 2.01. The Morgan fingerprint density at radius 2 is 1.97 bits per heavy atom. The van der Waals surface area contributed by atoms with Gasteiger partial charge in [-0.3, -0.25) is 9.78 Å². The molecule has 3 N–H and O–H groups in total. The minimum atomic E-state index is -0.524. The van der Waals surface area contributed by atoms with Crippen molar-refractivity contribution in [3.05, 3.63) is 78.5 Å². The van der Waals surface area contributed by atoms with Gasteiger partial charge in [0.05, 0.1) is 10.9 Å². The number of hydrogen-bond donors (Lipinski definition) is 3. The van der Waals surface area contributed by atoms with Crippen LogP contribution in [-0.4, -0.2) is 38.4 Å². The zero-order valence-electron chi connectivity index (χ0n) is 20.5. The standard InChI is InChI=1S/C28H26FN7O/c1-28(11-7-19(29)8-12-28)35-26-24-21(17-9-13-30-14-10-17)16-31-25(24)33-27(34-26)32-20-4-5-22-18(15-20)3-6-23(37)36(22)2/h4-5,7-11,13-16H,3,6,12H2,1-2H3,(H3,31,32,33,34,35). The third-order valence-corrected chi connectivity index (χ3v) is 6.94. The van der Waals surface area contributed by atoms with Crippen molar-refractivity contribution in [3.63, 3.8) is 0 Å². The number of anilines is 4. The summed E-state index contributed by atoms with van der Waals surface area (Å²) in [5.74, 6) is 0.929. The summed E-state index contributed by atoms with van der Waals surface area (Å²) in [6, 6.07) is 9.78. The Morgan fingerprint density at radius 3 is 2.76 bits per heavy atom. The lowest BCUT2D eigenvalue weighted by Crippen LogP contribution is -2.33. The van der Waals surface area contributed by atoms with Crippen molar-refractivity contribution in [3.8, 4) is 11.1 Å². The van der Waals surface area contributed by atoms with E-state index in [4.69, 9.17) is 9.97 Å². The summed E-state index contributed by atoms with van der Waals surface area (Å²) in [5.41, 5.74) is 4.92. The van der Waals surface area contributed by atoms with E-state index >= 15 is 0 Å². The monoisotopic (exact) mass is 495 g/mol. The van der Waals surface area contributed by atoms with Gasteiger partial charge in [-0.05, 0) is 73.4 Å². The number of rotatable bonds is 5. The Bertz CT molecular complexity index is 1580. The first kappa shape index (κ1) is 22.9. The summed E-state index contributed by atoms with van der Waals surface area (Å²) in [4.78, 5) is 30.8. The predicted octanol–water partition coefficient (Wildman–Crippen LogP) is 5.66. The van der Waals surface area contributed by atoms with Crippen molar-refractivity contribution in [1.82, 2.24) is 19.9 Å². The quantitative estimate of drug-likeness (QED) is 0.331. The van der Waals surface area contributed by atoms with Crippen molar-refractivity contribution in [2.24, 2.45) is 0 Å². The van der Waals surface area contributed by atoms with Gasteiger partial charge in [0.25, 0.3) is 0 Å². The van der Waals surface area contributed by atoms with Crippen molar-refractivity contribution in [2.45, 2.75) is 31.7 Å². The third-order valence-electron chi connectivity index (χ3n) is 6.94. The number of aromatic nitrogens is 4. The van der Waals surface area contributed by atoms with Gasteiger partial charge in [0.2, 0.25) is 11.9 Å². The summed E-state index contributed by atoms with van der Waals surface area (Å²) in [6.07, 6.45) is 11.9. The number of carbonyl (C=O) groups excluding carboxylic acids is 1. The molecule has 0 fully saturated rings. The summed E-state index contributed by atoms with van der Waals surface area (Å²) >= 11 is 0. The number of H-pyrrole nitrogens is 1. The number of pyridine rings is 1. The average molecular weight is 496 g/mol. The van der Waals surface area contributed by atoms with Crippen molar-refractivity contribution >= 4 is 40.1 Å². The minimum absolute atomic E-state index is 0.120. The second-order valence-electron chi connectivity index (χ2n) is 9.65. The molecule has 0 saturated carbocycles. The van der Waals surface area contributed by atoms with Crippen LogP contribution in [-0.2, 0) is 11.2 Å². The number of fused-ring (bicyclic) bond motifs is 2. The van der Waals surface area contributed by atoms with E-state index in [0.717, 1.165) is 33.5 Å². The molecule has 1 unspecified atom stereocenters. The van der Waals surface area contributed by atoms with Gasteiger partial charge in [0.1, 0.15) is 17.3 Å². The van der Waals surface area contributed by atoms with E-state index in [2.05, 4.69) is 20.6 Å². The molecule has 1 aromatic carbocycles. The van der Waals surface area contributed by atoms with E-state index in [9.17, 15) is 9.18 Å². The molecule has 4 aromatic rings. The number of hydrogen-bond acceptors (Lipinski definition) is 6. The Morgan fingerprint density at radius 1 is 1.14 bits per heavy atom. The first-order valence-corrected chi connectivity index (χ1v) is 12.2. The van der Waals surface area contributed by atoms with Crippen molar-refractivity contribution in [2.75, 3.05) is 22.6 Å². The van der Waals surface area contributed by atoms with Crippen LogP contribution >= 0.6 is 0 Å². The Kier molecular flexibility index (Phi) is 5.48. The maximum atomic E-state index is 13.7. The van der Waals surface area contributed by atoms with Crippen LogP contribution in [0.4, 0.5) is 27.5 Å². The van der Waals surface area contributed by atoms with Crippen molar-refractivity contribution in [1.29, 1.82) is 0 Å². The maximum absolute atomic E-state index is 13.7. The van der Waals surface area contributed by atoms with Crippen LogP contribution in [0.5, 0.6) is 0 Å². The molecule has 8 nitrogen and oxygen atoms in total. The van der Waals surface area contributed by atoms with E-state index < -0.39 is 5.54 Å². The fourth-order valence-electron chi connectivity index (χ4n) is 4.87. The second-order valence-corrected chi connectivity index (χ2v) is 9.65. The van der Waals surface area contributed by atoms with E-state index in [1.165, 1.54) is 6.08 Å². The highest BCUT2D eigenvalue weighted by molar-refractivity contribution is 6.02. The predicted molar refractivity (Wildman–Crippen MR) is 144 cm³/mol. The molecule has 3 aromatic heterocycles. The lowest BCUT2D eigenvalue weighted by atomic mass is 9.93. The molecule has 186 valence electrons. The molecule has 0 saturated heterocycles. The van der Waals surface area contributed by atoms with Crippen molar-refractivity contribution < 1.29 is 9.18 Å². The van der Waals surface area contributed by atoms with Gasteiger partial charge in [-0.15, -0.1) is 0 Å². The van der Waals surface area contributed by atoms with Gasteiger partial charge >= 0.3 is 0 Å². The summed E-state index contributed by atoms with van der Waals surface area (Å²) < 4.78 is 13.7. The third kappa shape index (κ3) is 4.33. The Labute approximate surface area is 213 Å². The normalized spacial score (nSPS) is 19.1. The molecule has 1 aliphatic carbocycles. The Balaban J connectivity index is 1.41. The molecular weight excluding hydrogens is 469 g/mol. The molecule has 9 heteroatoms. The highest BCUT2D eigenvalue weighted by Gasteiger charge is 2.26. The SMILES string of the molecule is CN1C(=O)CCc2cc(Nc3nc(NC4(C)C=CC(F)=CC4)c4c(-c5ccncc5)c[nH]c4n3)ccc21. The molecule has 1 atom stereocenters. The van der Waals surface area contributed by atoms with E-state index in [-0.39, 0.29) is 11.7 Å². The number of nitrogens with zero attached hydrogens (tertiary/aromatic N) is 4. The van der Waals surface area contributed by atoms with Gasteiger partial charge in [0.15, 0.2) is 0 Å². The zero-order chi connectivity index (χ0) is 25.6. The molecule has 6 rings (SSSR count). The number of nitrogens with one attached hydrogen (secondary N) is 3. The van der Waals surface area contributed by atoms with Crippen LogP contribution in [0.2, 0.25) is 0 Å². The van der Waals surface area contributed by atoms with Crippen LogP contribution in [0.3, 0.4) is 0 Å². The maximum Gasteiger partial charge on any atom is 0.231 e. The summed E-state index contributed by atoms with van der Waals surface area (Å²) in [7, 11) is 1.80. The van der Waals surface area contributed by atoms with Gasteiger partial charge in [-0.25, -0.2) is 4.39 Å². The smallest absolute Gasteiger partial charge is 0.231 e.